The van der Waals surface area contributed by atoms with E-state index in [1.807, 2.05) is 6.92 Å². The van der Waals surface area contributed by atoms with E-state index in [4.69, 9.17) is 4.74 Å². The van der Waals surface area contributed by atoms with Gasteiger partial charge in [-0.3, -0.25) is 67.1 Å². The van der Waals surface area contributed by atoms with E-state index in [1.165, 1.54) is 20.8 Å². The van der Waals surface area contributed by atoms with Gasteiger partial charge in [-0.15, -0.1) is 0 Å². The fourth-order valence-electron chi connectivity index (χ4n) is 7.53. The van der Waals surface area contributed by atoms with Crippen LogP contribution in [0.25, 0.3) is 0 Å². The SMILES string of the molecule is CCCCCC/C=C/CC(=O)NC1COC(=O)CNC(=O)C(CCCN([O-])C(C)=O)NC(=O)CNC(=O)C(C)NC(=O)C(CCCN([O-])C(C)=O)NC(=O)C(CO)NC(=O)C(C(C)C)NC(=O)CNC(=O)C(CCCN([O-])C(C)=O)NC1=O.[Fe+3]. The summed E-state index contributed by atoms with van der Waals surface area (Å²) in [5.74, 6) is -14.7. The van der Waals surface area contributed by atoms with Gasteiger partial charge >= 0.3 is 23.0 Å². The van der Waals surface area contributed by atoms with Crippen LogP contribution in [0.1, 0.15) is 126 Å². The van der Waals surface area contributed by atoms with Crippen molar-refractivity contribution in [3.05, 3.63) is 27.8 Å². The Balaban J connectivity index is 0.0000689. The van der Waals surface area contributed by atoms with Gasteiger partial charge in [0.25, 0.3) is 0 Å². The molecule has 0 bridgehead atoms. The van der Waals surface area contributed by atoms with E-state index in [1.54, 1.807) is 12.2 Å². The molecule has 11 N–H and O–H groups in total. The summed E-state index contributed by atoms with van der Waals surface area (Å²) in [7, 11) is 0. The van der Waals surface area contributed by atoms with E-state index in [2.05, 4.69) is 53.2 Å². The van der Waals surface area contributed by atoms with Crippen molar-refractivity contribution in [1.82, 2.24) is 68.4 Å². The van der Waals surface area contributed by atoms with Gasteiger partial charge in [0.2, 0.25) is 76.8 Å². The van der Waals surface area contributed by atoms with Crippen molar-refractivity contribution < 1.29 is 94.0 Å². The fourth-order valence-corrected chi connectivity index (χ4v) is 7.53. The Bertz CT molecular complexity index is 2280. The van der Waals surface area contributed by atoms with Crippen LogP contribution in [0.4, 0.5) is 0 Å². The van der Waals surface area contributed by atoms with Gasteiger partial charge in [0.05, 0.1) is 19.7 Å². The van der Waals surface area contributed by atoms with Crippen molar-refractivity contribution >= 4 is 82.8 Å². The number of nitrogens with one attached hydrogen (secondary N) is 10. The van der Waals surface area contributed by atoms with Crippen molar-refractivity contribution in [3.63, 3.8) is 0 Å². The van der Waals surface area contributed by atoms with E-state index in [0.29, 0.717) is 6.42 Å². The second-order valence-electron chi connectivity index (χ2n) is 19.8. The number of nitrogens with zero attached hydrogens (tertiary/aromatic N) is 3. The summed E-state index contributed by atoms with van der Waals surface area (Å²) >= 11 is 0. The normalized spacial score (nSPS) is 21.6. The van der Waals surface area contributed by atoms with Crippen LogP contribution in [0.3, 0.4) is 0 Å². The number of amides is 13. The largest absolute Gasteiger partial charge is 3.00 e. The topological polar surface area (TPSA) is 468 Å². The number of cyclic esters (lactones) is 1. The molecule has 1 aliphatic rings. The Morgan fingerprint density at radius 2 is 1.04 bits per heavy atom. The molecule has 0 spiro atoms. The fraction of sp³-hybridized carbons (Fsp3) is 0.686. The minimum absolute atomic E-state index is 0. The summed E-state index contributed by atoms with van der Waals surface area (Å²) in [5, 5.41) is 69.9. The Labute approximate surface area is 497 Å². The van der Waals surface area contributed by atoms with Crippen LogP contribution in [0.2, 0.25) is 0 Å². The van der Waals surface area contributed by atoms with E-state index in [0.717, 1.165) is 46.5 Å². The second kappa shape index (κ2) is 41.6. The molecule has 84 heavy (non-hydrogen) atoms. The summed E-state index contributed by atoms with van der Waals surface area (Å²) in [5.41, 5.74) is 0. The van der Waals surface area contributed by atoms with Crippen LogP contribution in [-0.2, 0) is 88.9 Å². The zero-order valence-electron chi connectivity index (χ0n) is 48.4. The van der Waals surface area contributed by atoms with E-state index >= 15 is 0 Å². The number of aliphatic hydroxyl groups excluding tert-OH is 1. The summed E-state index contributed by atoms with van der Waals surface area (Å²) in [4.78, 5) is 183. The molecule has 0 aromatic carbocycles. The van der Waals surface area contributed by atoms with Crippen molar-refractivity contribution in [3.8, 4) is 0 Å². The minimum Gasteiger partial charge on any atom is -0.756 e. The molecule has 1 fully saturated rings. The van der Waals surface area contributed by atoms with Gasteiger partial charge in [0.15, 0.2) is 0 Å². The molecule has 13 amide bonds. The molecule has 1 rings (SSSR count). The zero-order valence-corrected chi connectivity index (χ0v) is 49.5. The van der Waals surface area contributed by atoms with Crippen LogP contribution in [0.5, 0.6) is 0 Å². The first-order chi connectivity index (χ1) is 39.1. The molecule has 0 aromatic rings. The van der Waals surface area contributed by atoms with Crippen molar-refractivity contribution in [1.29, 1.82) is 0 Å². The molecule has 33 heteroatoms. The van der Waals surface area contributed by atoms with Crippen LogP contribution < -0.4 is 53.2 Å². The number of hydrogen-bond donors (Lipinski definition) is 11. The van der Waals surface area contributed by atoms with Crippen LogP contribution >= 0.6 is 0 Å². The smallest absolute Gasteiger partial charge is 0.756 e. The summed E-state index contributed by atoms with van der Waals surface area (Å²) in [6, 6.07) is -11.2. The molecule has 1 radical (unpaired) electrons. The maximum absolute atomic E-state index is 14.0. The monoisotopic (exact) mass is 1240 g/mol. The number of aliphatic hydroxyl groups is 1. The van der Waals surface area contributed by atoms with Gasteiger partial charge in [0.1, 0.15) is 55.4 Å². The minimum atomic E-state index is -1.81. The van der Waals surface area contributed by atoms with Crippen molar-refractivity contribution in [2.24, 2.45) is 5.92 Å². The van der Waals surface area contributed by atoms with Gasteiger partial charge in [-0.25, -0.2) is 0 Å². The third-order valence-electron chi connectivity index (χ3n) is 12.4. The van der Waals surface area contributed by atoms with Crippen LogP contribution in [-0.4, -0.2) is 198 Å². The zero-order chi connectivity index (χ0) is 62.8. The average Bonchev–Trinajstić information content (AvgIpc) is 3.54. The van der Waals surface area contributed by atoms with E-state index < -0.39 is 183 Å². The summed E-state index contributed by atoms with van der Waals surface area (Å²) in [6.07, 6.45) is 5.97. The van der Waals surface area contributed by atoms with Gasteiger partial charge < -0.3 is 93.8 Å². The number of allylic oxidation sites excluding steroid dienone is 1. The van der Waals surface area contributed by atoms with Gasteiger partial charge in [-0.05, 0) is 64.2 Å². The van der Waals surface area contributed by atoms with E-state index in [9.17, 15) is 87.9 Å². The molecule has 473 valence electrons. The number of rotatable bonds is 22. The Kier molecular flexibility index (Phi) is 38.0. The number of carbonyl (C=O) groups excluding carboxylic acids is 14. The number of hydroxylamine groups is 6. The van der Waals surface area contributed by atoms with Crippen molar-refractivity contribution in [2.45, 2.75) is 168 Å². The maximum Gasteiger partial charge on any atom is 3.00 e. The quantitative estimate of drug-likeness (QED) is 0.0163. The number of carbonyl (C=O) groups is 14. The summed E-state index contributed by atoms with van der Waals surface area (Å²) in [6.45, 7) is 3.26. The number of esters is 1. The van der Waals surface area contributed by atoms with E-state index in [-0.39, 0.29) is 77.2 Å². The second-order valence-corrected chi connectivity index (χ2v) is 19.8. The molecule has 7 unspecified atom stereocenters. The third-order valence-corrected chi connectivity index (χ3v) is 12.4. The van der Waals surface area contributed by atoms with Gasteiger partial charge in [-0.1, -0.05) is 52.2 Å². The molecule has 1 saturated heterocycles. The molecule has 1 heterocycles. The van der Waals surface area contributed by atoms with Crippen LogP contribution in [0.15, 0.2) is 12.2 Å². The molecular weight excluding hydrogens is 1150 g/mol. The predicted molar refractivity (Wildman–Crippen MR) is 294 cm³/mol. The first-order valence-electron chi connectivity index (χ1n) is 27.3. The molecule has 32 nitrogen and oxygen atoms in total. The standard InChI is InChI=1S/C51H82N13O19.Fe/c1-8-9-10-11-12-13-14-21-40(69)57-39-29-83-43(72)27-54-46(74)35(18-15-22-62(80)32(5)66)56-41(70)25-52-45(73)31(4)55-48(76)37(20-17-24-64(82)34(7)68)59-49(77)38(28-65)60-51(79)44(30(2)3)61-42(71)26-53-47(75)36(58-50(39)78)19-16-23-63(81)33(6)67;/h13-14,30-31,35-39,44,65H,8-12,15-29H2,1-7H3,(H,52,73)(H,53,75)(H,54,74)(H,55,76)(H,56,70)(H,57,69)(H,58,78)(H,59,77)(H,60,79)(H,61,71);/q-3;+3/b14-13+;. The van der Waals surface area contributed by atoms with Crippen molar-refractivity contribution in [2.75, 3.05) is 52.5 Å². The molecule has 0 aromatic heterocycles. The Morgan fingerprint density at radius 3 is 1.54 bits per heavy atom. The first kappa shape index (κ1) is 76.7. The maximum atomic E-state index is 14.0. The molecular formula is C51H82FeN13O19. The molecule has 0 saturated carbocycles. The molecule has 7 atom stereocenters. The van der Waals surface area contributed by atoms with Gasteiger partial charge in [0, 0.05) is 46.8 Å². The number of ether oxygens (including phenoxy) is 1. The Hall–Kier alpha value is -7.32. The third kappa shape index (κ3) is 31.4. The number of hydrogen-bond acceptors (Lipinski definition) is 19. The molecule has 0 aliphatic carbocycles. The van der Waals surface area contributed by atoms with Crippen LogP contribution in [0, 0.1) is 21.5 Å². The Morgan fingerprint density at radius 1 is 0.583 bits per heavy atom. The number of unbranched alkanes of at least 4 members (excludes halogenated alkanes) is 4. The summed E-state index contributed by atoms with van der Waals surface area (Å²) < 4.78 is 5.27. The van der Waals surface area contributed by atoms with Gasteiger partial charge in [-0.2, -0.15) is 0 Å². The first-order valence-corrected chi connectivity index (χ1v) is 27.3. The predicted octanol–water partition coefficient (Wildman–Crippen LogP) is -3.75. The molecule has 1 aliphatic heterocycles. The average molecular weight is 1240 g/mol.